The van der Waals surface area contributed by atoms with Gasteiger partial charge in [0.15, 0.2) is 0 Å². The van der Waals surface area contributed by atoms with Crippen molar-refractivity contribution in [1.82, 2.24) is 19.8 Å². The number of rotatable bonds is 5. The number of imidazole rings is 1. The molecule has 1 amide bonds. The van der Waals surface area contributed by atoms with Crippen LogP contribution in [0.1, 0.15) is 39.6 Å². The summed E-state index contributed by atoms with van der Waals surface area (Å²) in [5.41, 5.74) is 4.27. The molecule has 0 bridgehead atoms. The fourth-order valence-electron chi connectivity index (χ4n) is 3.62. The average molecular weight is 326 g/mol. The average Bonchev–Trinajstić information content (AvgIpc) is 3.15. The minimum atomic E-state index is -0.0397. The maximum Gasteiger partial charge on any atom is 0.269 e. The molecule has 1 aliphatic rings. The van der Waals surface area contributed by atoms with Gasteiger partial charge in [-0.25, -0.2) is 4.98 Å². The highest BCUT2D eigenvalue weighted by atomic mass is 16.2. The topological polar surface area (TPSA) is 50.2 Å². The number of likely N-dealkylation sites (tertiary alicyclic amines) is 1. The van der Waals surface area contributed by atoms with Gasteiger partial charge < -0.3 is 14.8 Å². The Labute approximate surface area is 143 Å². The monoisotopic (exact) mass is 326 g/mol. The third-order valence-electron chi connectivity index (χ3n) is 4.95. The minimum Gasteiger partial charge on any atom is -0.349 e. The Hall–Kier alpha value is -2.14. The molecule has 24 heavy (non-hydrogen) atoms. The van der Waals surface area contributed by atoms with Gasteiger partial charge in [0.2, 0.25) is 0 Å². The third-order valence-corrected chi connectivity index (χ3v) is 4.95. The minimum absolute atomic E-state index is 0.0397. The highest BCUT2D eigenvalue weighted by Crippen LogP contribution is 2.28. The number of carbonyl (C=O) groups excluding carboxylic acids is 1. The van der Waals surface area contributed by atoms with Crippen molar-refractivity contribution in [2.75, 3.05) is 26.2 Å². The summed E-state index contributed by atoms with van der Waals surface area (Å²) in [6.07, 6.45) is 2.87. The Balaban J connectivity index is 1.49. The molecule has 1 saturated heterocycles. The number of hydrogen-bond acceptors (Lipinski definition) is 3. The highest BCUT2D eigenvalue weighted by Gasteiger charge is 2.24. The third kappa shape index (κ3) is 3.51. The lowest BCUT2D eigenvalue weighted by atomic mass is 9.94. The molecule has 1 fully saturated rings. The predicted octanol–water partition coefficient (Wildman–Crippen LogP) is 2.26. The molecule has 3 rings (SSSR count). The standard InChI is InChI=1S/C19H26N4O/c1-14-6-4-5-7-17(14)16-8-10-23(12-16)11-9-20-19(24)18-15(2)21-13-22(18)3/h4-7,13,16H,8-12H2,1-3H3,(H,20,24)/t16-/m1/s1. The second-order valence-electron chi connectivity index (χ2n) is 6.69. The first-order valence-electron chi connectivity index (χ1n) is 8.60. The van der Waals surface area contributed by atoms with E-state index in [0.717, 1.165) is 25.3 Å². The molecule has 0 aliphatic carbocycles. The fourth-order valence-corrected chi connectivity index (χ4v) is 3.62. The lowest BCUT2D eigenvalue weighted by molar-refractivity contribution is 0.0941. The SMILES string of the molecule is Cc1ccccc1[C@@H]1CCN(CCNC(=O)c2c(C)ncn2C)C1. The van der Waals surface area contributed by atoms with Crippen molar-refractivity contribution in [3.05, 3.63) is 53.1 Å². The zero-order valence-electron chi connectivity index (χ0n) is 14.7. The van der Waals surface area contributed by atoms with E-state index < -0.39 is 0 Å². The van der Waals surface area contributed by atoms with Crippen LogP contribution in [0.5, 0.6) is 0 Å². The van der Waals surface area contributed by atoms with E-state index in [2.05, 4.69) is 46.4 Å². The molecule has 0 spiro atoms. The summed E-state index contributed by atoms with van der Waals surface area (Å²) in [4.78, 5) is 18.9. The number of nitrogens with zero attached hydrogens (tertiary/aromatic N) is 3. The molecular weight excluding hydrogens is 300 g/mol. The summed E-state index contributed by atoms with van der Waals surface area (Å²) in [6.45, 7) is 7.79. The van der Waals surface area contributed by atoms with E-state index >= 15 is 0 Å². The molecular formula is C19H26N4O. The number of aromatic nitrogens is 2. The van der Waals surface area contributed by atoms with Crippen LogP contribution in [0.25, 0.3) is 0 Å². The van der Waals surface area contributed by atoms with Crippen LogP contribution in [0.2, 0.25) is 0 Å². The first kappa shape index (κ1) is 16.7. The van der Waals surface area contributed by atoms with E-state index in [9.17, 15) is 4.79 Å². The Morgan fingerprint density at radius 2 is 2.12 bits per heavy atom. The molecule has 2 heterocycles. The van der Waals surface area contributed by atoms with Crippen LogP contribution >= 0.6 is 0 Å². The van der Waals surface area contributed by atoms with Crippen LogP contribution in [0.4, 0.5) is 0 Å². The van der Waals surface area contributed by atoms with Crippen molar-refractivity contribution >= 4 is 5.91 Å². The van der Waals surface area contributed by atoms with Crippen LogP contribution in [0.15, 0.2) is 30.6 Å². The largest absolute Gasteiger partial charge is 0.349 e. The summed E-state index contributed by atoms with van der Waals surface area (Å²) < 4.78 is 1.77. The molecule has 1 N–H and O–H groups in total. The molecule has 1 aromatic heterocycles. The molecule has 2 aromatic rings. The number of hydrogen-bond donors (Lipinski definition) is 1. The van der Waals surface area contributed by atoms with Crippen LogP contribution < -0.4 is 5.32 Å². The van der Waals surface area contributed by atoms with Crippen molar-refractivity contribution < 1.29 is 4.79 Å². The van der Waals surface area contributed by atoms with Gasteiger partial charge in [-0.1, -0.05) is 24.3 Å². The number of aryl methyl sites for hydroxylation is 3. The van der Waals surface area contributed by atoms with Gasteiger partial charge in [0.05, 0.1) is 12.0 Å². The van der Waals surface area contributed by atoms with E-state index in [0.29, 0.717) is 18.2 Å². The van der Waals surface area contributed by atoms with E-state index in [-0.39, 0.29) is 5.91 Å². The smallest absolute Gasteiger partial charge is 0.269 e. The molecule has 1 atom stereocenters. The lowest BCUT2D eigenvalue weighted by Crippen LogP contribution is -2.34. The Kier molecular flexibility index (Phi) is 5.00. The van der Waals surface area contributed by atoms with Gasteiger partial charge >= 0.3 is 0 Å². The predicted molar refractivity (Wildman–Crippen MR) is 95.3 cm³/mol. The van der Waals surface area contributed by atoms with Crippen molar-refractivity contribution in [1.29, 1.82) is 0 Å². The van der Waals surface area contributed by atoms with Gasteiger partial charge in [0.25, 0.3) is 5.91 Å². The Morgan fingerprint density at radius 1 is 1.33 bits per heavy atom. The zero-order valence-corrected chi connectivity index (χ0v) is 14.7. The molecule has 128 valence electrons. The highest BCUT2D eigenvalue weighted by molar-refractivity contribution is 5.93. The molecule has 0 radical (unpaired) electrons. The molecule has 0 saturated carbocycles. The van der Waals surface area contributed by atoms with Gasteiger partial charge in [-0.15, -0.1) is 0 Å². The van der Waals surface area contributed by atoms with Crippen molar-refractivity contribution in [3.63, 3.8) is 0 Å². The van der Waals surface area contributed by atoms with Crippen molar-refractivity contribution in [3.8, 4) is 0 Å². The van der Waals surface area contributed by atoms with Gasteiger partial charge in [-0.05, 0) is 43.9 Å². The van der Waals surface area contributed by atoms with Crippen LogP contribution in [0, 0.1) is 13.8 Å². The first-order chi connectivity index (χ1) is 11.6. The lowest BCUT2D eigenvalue weighted by Gasteiger charge is -2.17. The summed E-state index contributed by atoms with van der Waals surface area (Å²) in [7, 11) is 1.85. The van der Waals surface area contributed by atoms with E-state index in [1.807, 2.05) is 14.0 Å². The second-order valence-corrected chi connectivity index (χ2v) is 6.69. The molecule has 1 aromatic carbocycles. The van der Waals surface area contributed by atoms with E-state index in [1.165, 1.54) is 17.5 Å². The number of nitrogens with one attached hydrogen (secondary N) is 1. The molecule has 0 unspecified atom stereocenters. The Bertz CT molecular complexity index is 702. The molecule has 1 aliphatic heterocycles. The van der Waals surface area contributed by atoms with E-state index in [1.54, 1.807) is 10.9 Å². The number of carbonyl (C=O) groups is 1. The summed E-state index contributed by atoms with van der Waals surface area (Å²) >= 11 is 0. The summed E-state index contributed by atoms with van der Waals surface area (Å²) in [6, 6.07) is 8.66. The quantitative estimate of drug-likeness (QED) is 0.917. The molecule has 5 heteroatoms. The van der Waals surface area contributed by atoms with Crippen molar-refractivity contribution in [2.45, 2.75) is 26.2 Å². The summed E-state index contributed by atoms with van der Waals surface area (Å²) in [5.74, 6) is 0.573. The fraction of sp³-hybridized carbons (Fsp3) is 0.474. The van der Waals surface area contributed by atoms with Gasteiger partial charge in [-0.2, -0.15) is 0 Å². The number of benzene rings is 1. The maximum absolute atomic E-state index is 12.3. The second kappa shape index (κ2) is 7.18. The maximum atomic E-state index is 12.3. The normalized spacial score (nSPS) is 18.0. The van der Waals surface area contributed by atoms with Gasteiger partial charge in [-0.3, -0.25) is 4.79 Å². The van der Waals surface area contributed by atoms with Crippen LogP contribution in [-0.4, -0.2) is 46.5 Å². The summed E-state index contributed by atoms with van der Waals surface area (Å²) in [5, 5.41) is 3.02. The van der Waals surface area contributed by atoms with Crippen LogP contribution in [0.3, 0.4) is 0 Å². The van der Waals surface area contributed by atoms with Crippen LogP contribution in [-0.2, 0) is 7.05 Å². The first-order valence-corrected chi connectivity index (χ1v) is 8.60. The Morgan fingerprint density at radius 3 is 2.83 bits per heavy atom. The van der Waals surface area contributed by atoms with E-state index in [4.69, 9.17) is 0 Å². The number of amides is 1. The zero-order chi connectivity index (χ0) is 17.1. The van der Waals surface area contributed by atoms with Gasteiger partial charge in [0.1, 0.15) is 5.69 Å². The van der Waals surface area contributed by atoms with Gasteiger partial charge in [0, 0.05) is 26.7 Å². The van der Waals surface area contributed by atoms with Crippen molar-refractivity contribution in [2.24, 2.45) is 7.05 Å². The molecule has 5 nitrogen and oxygen atoms in total.